The van der Waals surface area contributed by atoms with Crippen molar-refractivity contribution in [3.63, 3.8) is 0 Å². The molecule has 1 aromatic carbocycles. The first kappa shape index (κ1) is 12.2. The number of benzene rings is 1. The Morgan fingerprint density at radius 1 is 1.44 bits per heavy atom. The predicted octanol–water partition coefficient (Wildman–Crippen LogP) is 2.14. The molecule has 0 amide bonds. The molecule has 0 fully saturated rings. The topological polar surface area (TPSA) is 55.6 Å². The third-order valence-corrected chi connectivity index (χ3v) is 2.09. The summed E-state index contributed by atoms with van der Waals surface area (Å²) >= 11 is 0. The lowest BCUT2D eigenvalue weighted by Crippen LogP contribution is -2.08. The molecule has 0 bridgehead atoms. The molecule has 5 heteroatoms. The Morgan fingerprint density at radius 3 is 2.69 bits per heavy atom. The lowest BCUT2D eigenvalue weighted by Gasteiger charge is -2.03. The minimum Gasteiger partial charge on any atom is -0.462 e. The highest BCUT2D eigenvalue weighted by Crippen LogP contribution is 2.18. The van der Waals surface area contributed by atoms with Gasteiger partial charge in [-0.3, -0.25) is 0 Å². The fourth-order valence-corrected chi connectivity index (χ4v) is 1.26. The van der Waals surface area contributed by atoms with Gasteiger partial charge in [0.25, 0.3) is 4.92 Å². The lowest BCUT2D eigenvalue weighted by molar-refractivity contribution is -0.736. The van der Waals surface area contributed by atoms with Crippen molar-refractivity contribution in [1.82, 2.24) is 0 Å². The fourth-order valence-electron chi connectivity index (χ4n) is 1.26. The van der Waals surface area contributed by atoms with Crippen molar-refractivity contribution in [3.05, 3.63) is 34.2 Å². The van der Waals surface area contributed by atoms with E-state index in [0.29, 0.717) is 17.1 Å². The van der Waals surface area contributed by atoms with Gasteiger partial charge in [-0.1, -0.05) is 6.07 Å². The van der Waals surface area contributed by atoms with Gasteiger partial charge in [-0.05, 0) is 19.4 Å². The number of rotatable bonds is 4. The Hall–Kier alpha value is -1.91. The van der Waals surface area contributed by atoms with Crippen LogP contribution in [0.5, 0.6) is 0 Å². The van der Waals surface area contributed by atoms with Crippen LogP contribution in [0.3, 0.4) is 0 Å². The van der Waals surface area contributed by atoms with Crippen molar-refractivity contribution < 1.29 is 19.3 Å². The molecule has 0 unspecified atom stereocenters. The van der Waals surface area contributed by atoms with Gasteiger partial charge < -0.3 is 4.74 Å². The van der Waals surface area contributed by atoms with Gasteiger partial charge in [-0.15, -0.1) is 0 Å². The van der Waals surface area contributed by atoms with E-state index in [0.717, 1.165) is 5.56 Å². The number of carbonyl (C=O) groups is 1. The van der Waals surface area contributed by atoms with E-state index in [4.69, 9.17) is 4.74 Å². The molecule has 0 aliphatic carbocycles. The number of ether oxygens (including phenoxy) is 1. The Kier molecular flexibility index (Phi) is 3.99. The quantitative estimate of drug-likeness (QED) is 0.580. The Morgan fingerprint density at radius 2 is 2.12 bits per heavy atom. The molecule has 0 heterocycles. The summed E-state index contributed by atoms with van der Waals surface area (Å²) in [5.41, 5.74) is 1.39. The summed E-state index contributed by atoms with van der Waals surface area (Å²) in [7, 11) is 1.26. The van der Waals surface area contributed by atoms with Crippen LogP contribution in [0.25, 0.3) is 0 Å². The number of hydrogen-bond acceptors (Lipinski definition) is 4. The molecule has 1 aromatic rings. The number of carbonyl (C=O) groups excluding carboxylic acids is 1. The van der Waals surface area contributed by atoms with Crippen LogP contribution in [-0.4, -0.2) is 24.6 Å². The zero-order chi connectivity index (χ0) is 12.1. The maximum Gasteiger partial charge on any atom is 0.338 e. The molecule has 0 spiro atoms. The summed E-state index contributed by atoms with van der Waals surface area (Å²) in [6.07, 6.45) is 0. The second kappa shape index (κ2) is 5.25. The molecule has 0 N–H and O–H groups in total. The zero-order valence-corrected chi connectivity index (χ0v) is 9.52. The first-order valence-corrected chi connectivity index (χ1v) is 4.89. The molecule has 0 aliphatic rings. The van der Waals surface area contributed by atoms with Gasteiger partial charge in [0, 0.05) is 12.1 Å². The second-order valence-electron chi connectivity index (χ2n) is 3.16. The molecule has 86 valence electrons. The van der Waals surface area contributed by atoms with Crippen LogP contribution in [0, 0.1) is 11.8 Å². The maximum absolute atomic E-state index is 11.5. The van der Waals surface area contributed by atoms with E-state index in [1.807, 2.05) is 0 Å². The summed E-state index contributed by atoms with van der Waals surface area (Å²) in [5, 5.41) is 0. The predicted molar refractivity (Wildman–Crippen MR) is 57.4 cm³/mol. The van der Waals surface area contributed by atoms with Crippen LogP contribution < -0.4 is 0 Å². The number of hydrogen-bond donors (Lipinski definition) is 0. The van der Waals surface area contributed by atoms with Crippen molar-refractivity contribution in [3.8, 4) is 0 Å². The largest absolute Gasteiger partial charge is 0.462 e. The maximum atomic E-state index is 11.5. The average molecular weight is 224 g/mol. The van der Waals surface area contributed by atoms with E-state index < -0.39 is 5.97 Å². The third kappa shape index (κ3) is 2.56. The summed E-state index contributed by atoms with van der Waals surface area (Å²) in [6.45, 7) is 3.80. The Balaban J connectivity index is 3.08. The lowest BCUT2D eigenvalue weighted by atomic mass is 10.1. The average Bonchev–Trinajstić information content (AvgIpc) is 2.29. The summed E-state index contributed by atoms with van der Waals surface area (Å²) < 4.78 is 4.88. The minimum atomic E-state index is -0.439. The Bertz CT molecular complexity index is 414. The van der Waals surface area contributed by atoms with Crippen LogP contribution in [0.1, 0.15) is 22.8 Å². The minimum absolute atomic E-state index is 0.260. The normalized spacial score (nSPS) is 9.69. The van der Waals surface area contributed by atoms with Gasteiger partial charge in [0.2, 0.25) is 0 Å². The van der Waals surface area contributed by atoms with E-state index in [1.54, 1.807) is 26.0 Å². The first-order valence-electron chi connectivity index (χ1n) is 4.89. The molecule has 0 aromatic heterocycles. The molecular weight excluding hydrogens is 210 g/mol. The number of esters is 1. The molecule has 0 saturated carbocycles. The van der Waals surface area contributed by atoms with E-state index in [9.17, 15) is 9.70 Å². The van der Waals surface area contributed by atoms with Gasteiger partial charge >= 0.3 is 11.7 Å². The summed E-state index contributed by atoms with van der Waals surface area (Å²) in [5.74, 6) is -0.439. The molecule has 0 atom stereocenters. The van der Waals surface area contributed by atoms with Crippen LogP contribution in [0.15, 0.2) is 18.2 Å². The monoisotopic (exact) mass is 224 g/mol. The van der Waals surface area contributed by atoms with E-state index >= 15 is 0 Å². The van der Waals surface area contributed by atoms with Crippen molar-refractivity contribution >= 4 is 11.7 Å². The molecular formula is C11H14NO4+. The summed E-state index contributed by atoms with van der Waals surface area (Å²) in [6, 6.07) is 4.70. The molecule has 0 aliphatic heterocycles. The molecule has 16 heavy (non-hydrogen) atoms. The zero-order valence-electron chi connectivity index (χ0n) is 9.52. The highest BCUT2D eigenvalue weighted by molar-refractivity contribution is 5.91. The molecule has 1 rings (SSSR count). The van der Waals surface area contributed by atoms with Crippen LogP contribution in [0.4, 0.5) is 5.69 Å². The van der Waals surface area contributed by atoms with Crippen LogP contribution in [0.2, 0.25) is 0 Å². The summed E-state index contributed by atoms with van der Waals surface area (Å²) in [4.78, 5) is 27.6. The van der Waals surface area contributed by atoms with Gasteiger partial charge in [-0.25, -0.2) is 9.63 Å². The standard InChI is InChI=1S/C11H14NO4/c1-4-16-11(13)10-7-9(12(14)15-3)6-5-8(10)2/h5-7H,4H2,1-3H3/q+1. The highest BCUT2D eigenvalue weighted by Gasteiger charge is 2.19. The number of nitrogens with zero attached hydrogens (tertiary/aromatic N) is 1. The third-order valence-electron chi connectivity index (χ3n) is 2.09. The van der Waals surface area contributed by atoms with Crippen molar-refractivity contribution in [1.29, 1.82) is 0 Å². The van der Waals surface area contributed by atoms with E-state index in [2.05, 4.69) is 4.84 Å². The van der Waals surface area contributed by atoms with Crippen LogP contribution in [-0.2, 0) is 9.57 Å². The van der Waals surface area contributed by atoms with Gasteiger partial charge in [0.15, 0.2) is 7.11 Å². The van der Waals surface area contributed by atoms with E-state index in [1.165, 1.54) is 13.2 Å². The van der Waals surface area contributed by atoms with Crippen molar-refractivity contribution in [2.24, 2.45) is 0 Å². The van der Waals surface area contributed by atoms with Gasteiger partial charge in [0.05, 0.1) is 17.1 Å². The Labute approximate surface area is 93.5 Å². The second-order valence-corrected chi connectivity index (χ2v) is 3.16. The first-order chi connectivity index (χ1) is 7.60. The fraction of sp³-hybridized carbons (Fsp3) is 0.364. The highest BCUT2D eigenvalue weighted by atomic mass is 16.8. The van der Waals surface area contributed by atoms with Crippen molar-refractivity contribution in [2.75, 3.05) is 13.7 Å². The smallest absolute Gasteiger partial charge is 0.338 e. The van der Waals surface area contributed by atoms with Crippen molar-refractivity contribution in [2.45, 2.75) is 13.8 Å². The van der Waals surface area contributed by atoms with Crippen LogP contribution >= 0.6 is 0 Å². The molecule has 0 radical (unpaired) electrons. The van der Waals surface area contributed by atoms with E-state index in [-0.39, 0.29) is 5.69 Å². The molecule has 0 saturated heterocycles. The van der Waals surface area contributed by atoms with Gasteiger partial charge in [-0.2, -0.15) is 0 Å². The number of aryl methyl sites for hydroxylation is 1. The molecule has 5 nitrogen and oxygen atoms in total. The van der Waals surface area contributed by atoms with Gasteiger partial charge in [0.1, 0.15) is 0 Å². The SMILES string of the molecule is CCOC(=O)c1cc([N+](=O)OC)ccc1C.